The van der Waals surface area contributed by atoms with Crippen LogP contribution in [0.15, 0.2) is 0 Å². The molecule has 0 atom stereocenters. The summed E-state index contributed by atoms with van der Waals surface area (Å²) in [5.41, 5.74) is 0. The van der Waals surface area contributed by atoms with E-state index in [1.807, 2.05) is 13.8 Å². The normalized spacial score (nSPS) is 11.2. The standard InChI is InChI=1S/C12H24O/c1-10(2)8-6-5-7-9-12(13)11(3)4/h10-11H,5-9H2,1-4H3. The number of hydrogen-bond donors (Lipinski definition) is 0. The van der Waals surface area contributed by atoms with Crippen LogP contribution in [0.1, 0.15) is 59.8 Å². The Balaban J connectivity index is 3.21. The van der Waals surface area contributed by atoms with E-state index in [1.54, 1.807) is 0 Å². The van der Waals surface area contributed by atoms with Crippen molar-refractivity contribution < 1.29 is 4.79 Å². The van der Waals surface area contributed by atoms with Crippen LogP contribution >= 0.6 is 0 Å². The number of Topliss-reactive ketones (excluding diaryl/α,β-unsaturated/α-hetero) is 1. The average molecular weight is 184 g/mol. The second kappa shape index (κ2) is 7.11. The van der Waals surface area contributed by atoms with Gasteiger partial charge in [0.2, 0.25) is 0 Å². The number of carbonyl (C=O) groups is 1. The Morgan fingerprint density at radius 3 is 2.08 bits per heavy atom. The fourth-order valence-corrected chi connectivity index (χ4v) is 1.32. The Morgan fingerprint density at radius 2 is 1.62 bits per heavy atom. The molecule has 0 unspecified atom stereocenters. The van der Waals surface area contributed by atoms with Crippen LogP contribution in [-0.4, -0.2) is 5.78 Å². The van der Waals surface area contributed by atoms with Crippen molar-refractivity contribution in [3.05, 3.63) is 0 Å². The molecule has 0 aliphatic carbocycles. The first-order valence-corrected chi connectivity index (χ1v) is 5.56. The van der Waals surface area contributed by atoms with Crippen LogP contribution in [0.2, 0.25) is 0 Å². The maximum absolute atomic E-state index is 11.2. The highest BCUT2D eigenvalue weighted by Gasteiger charge is 2.05. The summed E-state index contributed by atoms with van der Waals surface area (Å²) in [7, 11) is 0. The molecule has 0 aromatic heterocycles. The number of unbranched alkanes of at least 4 members (excludes halogenated alkanes) is 2. The summed E-state index contributed by atoms with van der Waals surface area (Å²) in [6.45, 7) is 8.46. The van der Waals surface area contributed by atoms with Gasteiger partial charge in [-0.1, -0.05) is 47.0 Å². The number of rotatable bonds is 7. The third-order valence-electron chi connectivity index (χ3n) is 2.35. The van der Waals surface area contributed by atoms with E-state index in [4.69, 9.17) is 0 Å². The minimum absolute atomic E-state index is 0.227. The fraction of sp³-hybridized carbons (Fsp3) is 0.917. The van der Waals surface area contributed by atoms with Gasteiger partial charge in [0.15, 0.2) is 0 Å². The molecule has 0 aliphatic rings. The molecule has 0 fully saturated rings. The molecule has 0 rings (SSSR count). The highest BCUT2D eigenvalue weighted by Crippen LogP contribution is 2.11. The molecule has 0 aliphatic heterocycles. The molecular formula is C12H24O. The summed E-state index contributed by atoms with van der Waals surface area (Å²) in [5, 5.41) is 0. The molecule has 0 radical (unpaired) electrons. The zero-order valence-corrected chi connectivity index (χ0v) is 9.60. The highest BCUT2D eigenvalue weighted by molar-refractivity contribution is 5.80. The fourth-order valence-electron chi connectivity index (χ4n) is 1.32. The molecule has 0 spiro atoms. The number of carbonyl (C=O) groups excluding carboxylic acids is 1. The second-order valence-corrected chi connectivity index (χ2v) is 4.61. The lowest BCUT2D eigenvalue weighted by Gasteiger charge is -2.05. The maximum atomic E-state index is 11.2. The van der Waals surface area contributed by atoms with E-state index in [0.717, 1.165) is 18.8 Å². The van der Waals surface area contributed by atoms with Gasteiger partial charge in [-0.25, -0.2) is 0 Å². The van der Waals surface area contributed by atoms with Gasteiger partial charge in [-0.2, -0.15) is 0 Å². The second-order valence-electron chi connectivity index (χ2n) is 4.61. The highest BCUT2D eigenvalue weighted by atomic mass is 16.1. The zero-order valence-electron chi connectivity index (χ0n) is 9.60. The van der Waals surface area contributed by atoms with Crippen LogP contribution in [0.3, 0.4) is 0 Å². The largest absolute Gasteiger partial charge is 0.299 e. The van der Waals surface area contributed by atoms with Crippen LogP contribution < -0.4 is 0 Å². The lowest BCUT2D eigenvalue weighted by molar-refractivity contribution is -0.122. The third kappa shape index (κ3) is 8.01. The predicted molar refractivity (Wildman–Crippen MR) is 57.8 cm³/mol. The zero-order chi connectivity index (χ0) is 10.3. The Labute approximate surface area is 82.9 Å². The minimum Gasteiger partial charge on any atom is -0.299 e. The summed E-state index contributed by atoms with van der Waals surface area (Å²) < 4.78 is 0. The topological polar surface area (TPSA) is 17.1 Å². The van der Waals surface area contributed by atoms with Crippen molar-refractivity contribution in [1.82, 2.24) is 0 Å². The van der Waals surface area contributed by atoms with Gasteiger partial charge in [-0.3, -0.25) is 4.79 Å². The lowest BCUT2D eigenvalue weighted by Crippen LogP contribution is -2.06. The summed E-state index contributed by atoms with van der Waals surface area (Å²) in [6.07, 6.45) is 5.68. The summed E-state index contributed by atoms with van der Waals surface area (Å²) in [4.78, 5) is 11.2. The van der Waals surface area contributed by atoms with Crippen molar-refractivity contribution in [3.8, 4) is 0 Å². The van der Waals surface area contributed by atoms with Gasteiger partial charge in [0.05, 0.1) is 0 Å². The molecule has 0 N–H and O–H groups in total. The lowest BCUT2D eigenvalue weighted by atomic mass is 10.0. The van der Waals surface area contributed by atoms with Crippen LogP contribution in [0.4, 0.5) is 0 Å². The van der Waals surface area contributed by atoms with Gasteiger partial charge >= 0.3 is 0 Å². The molecule has 78 valence electrons. The molecule has 1 nitrogen and oxygen atoms in total. The molecule has 0 saturated heterocycles. The van der Waals surface area contributed by atoms with E-state index in [2.05, 4.69) is 13.8 Å². The molecule has 0 saturated carbocycles. The Kier molecular flexibility index (Phi) is 6.93. The first-order valence-electron chi connectivity index (χ1n) is 5.56. The van der Waals surface area contributed by atoms with E-state index < -0.39 is 0 Å². The molecule has 13 heavy (non-hydrogen) atoms. The van der Waals surface area contributed by atoms with Gasteiger partial charge in [0.1, 0.15) is 5.78 Å². The van der Waals surface area contributed by atoms with Crippen molar-refractivity contribution in [1.29, 1.82) is 0 Å². The van der Waals surface area contributed by atoms with Crippen LogP contribution in [-0.2, 0) is 4.79 Å². The predicted octanol–water partition coefficient (Wildman–Crippen LogP) is 3.82. The van der Waals surface area contributed by atoms with E-state index in [1.165, 1.54) is 19.3 Å². The molecule has 0 amide bonds. The van der Waals surface area contributed by atoms with Gasteiger partial charge in [0.25, 0.3) is 0 Å². The molecule has 0 bridgehead atoms. The quantitative estimate of drug-likeness (QED) is 0.550. The van der Waals surface area contributed by atoms with Crippen molar-refractivity contribution in [2.45, 2.75) is 59.8 Å². The van der Waals surface area contributed by atoms with Crippen LogP contribution in [0.25, 0.3) is 0 Å². The Hall–Kier alpha value is -0.330. The summed E-state index contributed by atoms with van der Waals surface area (Å²) in [5.74, 6) is 1.45. The molecular weight excluding hydrogens is 160 g/mol. The van der Waals surface area contributed by atoms with E-state index in [-0.39, 0.29) is 5.92 Å². The van der Waals surface area contributed by atoms with Crippen molar-refractivity contribution in [2.75, 3.05) is 0 Å². The summed E-state index contributed by atoms with van der Waals surface area (Å²) >= 11 is 0. The molecule has 0 heterocycles. The van der Waals surface area contributed by atoms with E-state index in [9.17, 15) is 4.79 Å². The van der Waals surface area contributed by atoms with Crippen molar-refractivity contribution in [3.63, 3.8) is 0 Å². The van der Waals surface area contributed by atoms with E-state index in [0.29, 0.717) is 5.78 Å². The van der Waals surface area contributed by atoms with Gasteiger partial charge < -0.3 is 0 Å². The molecule has 1 heteroatoms. The SMILES string of the molecule is CC(C)CCCCCC(=O)C(C)C. The van der Waals surface area contributed by atoms with Crippen LogP contribution in [0, 0.1) is 11.8 Å². The monoisotopic (exact) mass is 184 g/mol. The average Bonchev–Trinajstić information content (AvgIpc) is 2.02. The first kappa shape index (κ1) is 12.7. The smallest absolute Gasteiger partial charge is 0.135 e. The van der Waals surface area contributed by atoms with Crippen molar-refractivity contribution in [2.24, 2.45) is 11.8 Å². The van der Waals surface area contributed by atoms with Gasteiger partial charge in [-0.15, -0.1) is 0 Å². The van der Waals surface area contributed by atoms with E-state index >= 15 is 0 Å². The third-order valence-corrected chi connectivity index (χ3v) is 2.35. The first-order chi connectivity index (χ1) is 6.04. The number of hydrogen-bond acceptors (Lipinski definition) is 1. The number of ketones is 1. The molecule has 0 aromatic carbocycles. The Morgan fingerprint density at radius 1 is 1.00 bits per heavy atom. The molecule has 0 aromatic rings. The van der Waals surface area contributed by atoms with Gasteiger partial charge in [0, 0.05) is 12.3 Å². The Bertz CT molecular complexity index is 136. The van der Waals surface area contributed by atoms with Crippen LogP contribution in [0.5, 0.6) is 0 Å². The van der Waals surface area contributed by atoms with Crippen molar-refractivity contribution >= 4 is 5.78 Å². The summed E-state index contributed by atoms with van der Waals surface area (Å²) in [6, 6.07) is 0. The minimum atomic E-state index is 0.227. The maximum Gasteiger partial charge on any atom is 0.135 e. The van der Waals surface area contributed by atoms with Gasteiger partial charge in [-0.05, 0) is 12.3 Å².